The van der Waals surface area contributed by atoms with Gasteiger partial charge in [-0.05, 0) is 42.5 Å². The van der Waals surface area contributed by atoms with Gasteiger partial charge in [0.2, 0.25) is 0 Å². The number of ketones is 1. The van der Waals surface area contributed by atoms with E-state index in [9.17, 15) is 4.79 Å². The molecule has 1 nitrogen and oxygen atoms in total. The van der Waals surface area contributed by atoms with Crippen LogP contribution in [0.15, 0.2) is 48.5 Å². The molecule has 0 N–H and O–H groups in total. The van der Waals surface area contributed by atoms with Crippen molar-refractivity contribution >= 4 is 17.4 Å². The third-order valence-electron chi connectivity index (χ3n) is 3.82. The van der Waals surface area contributed by atoms with E-state index in [0.717, 1.165) is 17.5 Å². The van der Waals surface area contributed by atoms with E-state index in [2.05, 4.69) is 12.1 Å². The Bertz CT molecular complexity index is 618. The zero-order valence-corrected chi connectivity index (χ0v) is 11.5. The minimum atomic E-state index is 0.125. The first kappa shape index (κ1) is 12.4. The van der Waals surface area contributed by atoms with E-state index in [1.165, 1.54) is 5.56 Å². The molecule has 0 bridgehead atoms. The third kappa shape index (κ3) is 2.43. The molecule has 0 amide bonds. The van der Waals surface area contributed by atoms with E-state index in [1.807, 2.05) is 37.3 Å². The lowest BCUT2D eigenvalue weighted by atomic mass is 9.99. The standard InChI is InChI=1S/C17H15ClO/c1-11-7-8-13(18)9-14(11)17(19)16-10-15(16)12-5-3-2-4-6-12/h2-9,15-16H,10H2,1H3. The third-order valence-corrected chi connectivity index (χ3v) is 4.06. The molecule has 1 fully saturated rings. The first-order chi connectivity index (χ1) is 9.16. The van der Waals surface area contributed by atoms with Gasteiger partial charge in [0.05, 0.1) is 0 Å². The zero-order valence-electron chi connectivity index (χ0n) is 10.8. The molecule has 1 aliphatic carbocycles. The number of hydrogen-bond acceptors (Lipinski definition) is 1. The first-order valence-corrected chi connectivity index (χ1v) is 6.90. The summed E-state index contributed by atoms with van der Waals surface area (Å²) < 4.78 is 0. The monoisotopic (exact) mass is 270 g/mol. The molecule has 0 saturated heterocycles. The van der Waals surface area contributed by atoms with Crippen LogP contribution < -0.4 is 0 Å². The van der Waals surface area contributed by atoms with Crippen molar-refractivity contribution in [2.75, 3.05) is 0 Å². The Morgan fingerprint density at radius 1 is 1.16 bits per heavy atom. The normalized spacial score (nSPS) is 21.2. The van der Waals surface area contributed by atoms with Crippen molar-refractivity contribution < 1.29 is 4.79 Å². The van der Waals surface area contributed by atoms with E-state index in [4.69, 9.17) is 11.6 Å². The van der Waals surface area contributed by atoms with E-state index in [1.54, 1.807) is 6.07 Å². The predicted molar refractivity (Wildman–Crippen MR) is 77.8 cm³/mol. The van der Waals surface area contributed by atoms with Gasteiger partial charge in [0.15, 0.2) is 5.78 Å². The summed E-state index contributed by atoms with van der Waals surface area (Å²) in [5.41, 5.74) is 3.05. The number of benzene rings is 2. The van der Waals surface area contributed by atoms with Crippen LogP contribution in [-0.2, 0) is 0 Å². The van der Waals surface area contributed by atoms with Gasteiger partial charge >= 0.3 is 0 Å². The fourth-order valence-electron chi connectivity index (χ4n) is 2.61. The van der Waals surface area contributed by atoms with Crippen LogP contribution >= 0.6 is 11.6 Å². The second-order valence-corrected chi connectivity index (χ2v) is 5.62. The highest BCUT2D eigenvalue weighted by molar-refractivity contribution is 6.31. The number of hydrogen-bond donors (Lipinski definition) is 0. The van der Waals surface area contributed by atoms with Crippen LogP contribution in [0.1, 0.15) is 33.8 Å². The van der Waals surface area contributed by atoms with Gasteiger partial charge in [-0.2, -0.15) is 0 Å². The van der Waals surface area contributed by atoms with Crippen molar-refractivity contribution in [1.82, 2.24) is 0 Å². The lowest BCUT2D eigenvalue weighted by Gasteiger charge is -2.05. The average Bonchev–Trinajstić information content (AvgIpc) is 3.22. The largest absolute Gasteiger partial charge is 0.294 e. The van der Waals surface area contributed by atoms with E-state index >= 15 is 0 Å². The van der Waals surface area contributed by atoms with Crippen molar-refractivity contribution in [3.05, 3.63) is 70.2 Å². The van der Waals surface area contributed by atoms with Gasteiger partial charge in [-0.1, -0.05) is 48.0 Å². The molecule has 2 aromatic rings. The van der Waals surface area contributed by atoms with Crippen molar-refractivity contribution in [2.45, 2.75) is 19.3 Å². The molecule has 0 aromatic heterocycles. The van der Waals surface area contributed by atoms with Gasteiger partial charge in [0, 0.05) is 16.5 Å². The SMILES string of the molecule is Cc1ccc(Cl)cc1C(=O)C1CC1c1ccccc1. The minimum Gasteiger partial charge on any atom is -0.294 e. The summed E-state index contributed by atoms with van der Waals surface area (Å²) in [6.45, 7) is 1.96. The van der Waals surface area contributed by atoms with Crippen LogP contribution in [0.25, 0.3) is 0 Å². The van der Waals surface area contributed by atoms with Crippen LogP contribution in [0.4, 0.5) is 0 Å². The highest BCUT2D eigenvalue weighted by Gasteiger charge is 2.44. The molecule has 2 unspecified atom stereocenters. The van der Waals surface area contributed by atoms with Crippen LogP contribution in [0, 0.1) is 12.8 Å². The predicted octanol–water partition coefficient (Wildman–Crippen LogP) is 4.63. The van der Waals surface area contributed by atoms with Gasteiger partial charge in [-0.3, -0.25) is 4.79 Å². The van der Waals surface area contributed by atoms with Gasteiger partial charge in [0.25, 0.3) is 0 Å². The van der Waals surface area contributed by atoms with Crippen LogP contribution in [0.2, 0.25) is 5.02 Å². The van der Waals surface area contributed by atoms with Gasteiger partial charge < -0.3 is 0 Å². The summed E-state index contributed by atoms with van der Waals surface area (Å²) >= 11 is 5.99. The van der Waals surface area contributed by atoms with Gasteiger partial charge in [0.1, 0.15) is 0 Å². The van der Waals surface area contributed by atoms with Gasteiger partial charge in [-0.15, -0.1) is 0 Å². The van der Waals surface area contributed by atoms with Crippen LogP contribution in [0.3, 0.4) is 0 Å². The summed E-state index contributed by atoms with van der Waals surface area (Å²) in [5, 5.41) is 0.630. The molecule has 2 aromatic carbocycles. The fourth-order valence-corrected chi connectivity index (χ4v) is 2.78. The highest BCUT2D eigenvalue weighted by Crippen LogP contribution is 2.49. The van der Waals surface area contributed by atoms with Gasteiger partial charge in [-0.25, -0.2) is 0 Å². The molecule has 0 spiro atoms. The van der Waals surface area contributed by atoms with E-state index in [-0.39, 0.29) is 11.7 Å². The molecule has 2 heteroatoms. The Morgan fingerprint density at radius 2 is 1.89 bits per heavy atom. The second kappa shape index (κ2) is 4.82. The molecule has 96 valence electrons. The number of carbonyl (C=O) groups is 1. The molecule has 1 saturated carbocycles. The Hall–Kier alpha value is -1.60. The zero-order chi connectivity index (χ0) is 13.4. The highest BCUT2D eigenvalue weighted by atomic mass is 35.5. The molecule has 1 aliphatic rings. The average molecular weight is 271 g/mol. The lowest BCUT2D eigenvalue weighted by molar-refractivity contribution is 0.0964. The molecule has 0 heterocycles. The smallest absolute Gasteiger partial charge is 0.166 e. The molecule has 3 rings (SSSR count). The summed E-state index contributed by atoms with van der Waals surface area (Å²) in [4.78, 5) is 12.5. The molecule has 0 aliphatic heterocycles. The maximum Gasteiger partial charge on any atom is 0.166 e. The lowest BCUT2D eigenvalue weighted by Crippen LogP contribution is -2.05. The number of halogens is 1. The fraction of sp³-hybridized carbons (Fsp3) is 0.235. The van der Waals surface area contributed by atoms with Crippen molar-refractivity contribution in [3.8, 4) is 0 Å². The van der Waals surface area contributed by atoms with Crippen LogP contribution in [0.5, 0.6) is 0 Å². The van der Waals surface area contributed by atoms with Crippen molar-refractivity contribution in [1.29, 1.82) is 0 Å². The quantitative estimate of drug-likeness (QED) is 0.743. The topological polar surface area (TPSA) is 17.1 Å². The van der Waals surface area contributed by atoms with Crippen LogP contribution in [-0.4, -0.2) is 5.78 Å². The molecule has 19 heavy (non-hydrogen) atoms. The second-order valence-electron chi connectivity index (χ2n) is 5.18. The Kier molecular flexibility index (Phi) is 3.16. The first-order valence-electron chi connectivity index (χ1n) is 6.52. The molecular weight excluding hydrogens is 256 g/mol. The Morgan fingerprint density at radius 3 is 2.63 bits per heavy atom. The minimum absolute atomic E-state index is 0.125. The Balaban J connectivity index is 1.82. The number of Topliss-reactive ketones (excluding diaryl/α,β-unsaturated/α-hetero) is 1. The number of carbonyl (C=O) groups excluding carboxylic acids is 1. The summed E-state index contributed by atoms with van der Waals surface area (Å²) in [6, 6.07) is 15.8. The van der Waals surface area contributed by atoms with E-state index in [0.29, 0.717) is 10.9 Å². The number of aryl methyl sites for hydroxylation is 1. The maximum atomic E-state index is 12.5. The summed E-state index contributed by atoms with van der Waals surface area (Å²) in [7, 11) is 0. The molecular formula is C17H15ClO. The van der Waals surface area contributed by atoms with E-state index < -0.39 is 0 Å². The Labute approximate surface area is 118 Å². The van der Waals surface area contributed by atoms with Crippen molar-refractivity contribution in [2.24, 2.45) is 5.92 Å². The molecule has 0 radical (unpaired) electrons. The number of rotatable bonds is 3. The maximum absolute atomic E-state index is 12.5. The molecule has 2 atom stereocenters. The summed E-state index contributed by atoms with van der Waals surface area (Å²) in [5.74, 6) is 0.737. The van der Waals surface area contributed by atoms with Crippen molar-refractivity contribution in [3.63, 3.8) is 0 Å². The summed E-state index contributed by atoms with van der Waals surface area (Å²) in [6.07, 6.45) is 0.953.